The second-order valence-corrected chi connectivity index (χ2v) is 17.8. The molecule has 5 N–H and O–H groups in total. The zero-order chi connectivity index (χ0) is 39.0. The van der Waals surface area contributed by atoms with Gasteiger partial charge in [-0.1, -0.05) is 27.7 Å². The van der Waals surface area contributed by atoms with Gasteiger partial charge in [0.05, 0.1) is 41.6 Å². The molecule has 7 heterocycles. The SMILES string of the molecule is CNCCN(C)C(=O)c1cc2[nH]c(-c3cc(C)nc(CCc4cc(-c5[nH]c6cc(C(=O)NC7CCNCC7)sc6c5C(C)C)cc(C)n4)c3)c(C(C)C)c2s1. The Morgan fingerprint density at radius 2 is 1.31 bits per heavy atom. The Bertz CT molecular complexity index is 2340. The van der Waals surface area contributed by atoms with Gasteiger partial charge in [0.1, 0.15) is 0 Å². The molecule has 0 aliphatic carbocycles. The highest BCUT2D eigenvalue weighted by molar-refractivity contribution is 7.21. The van der Waals surface area contributed by atoms with Crippen LogP contribution in [0, 0.1) is 13.8 Å². The van der Waals surface area contributed by atoms with E-state index in [-0.39, 0.29) is 29.7 Å². The first-order valence-electron chi connectivity index (χ1n) is 19.6. The van der Waals surface area contributed by atoms with Gasteiger partial charge in [0.25, 0.3) is 11.8 Å². The standard InChI is InChI=1S/C43H54N8O2S2/c1-23(2)36-38(49-32-21-34(54-40(32)36)42(52)48-29-11-13-45-14-12-29)27-17-25(5)46-30(19-27)9-10-31-20-28(18-26(6)47-31)39-37(24(3)4)41-33(50-39)22-35(55-41)43(53)51(8)16-15-44-7/h17-24,29,44-45,49-50H,9-16H2,1-8H3,(H,48,52). The van der Waals surface area contributed by atoms with Crippen LogP contribution in [0.1, 0.15) is 106 Å². The first-order valence-corrected chi connectivity index (χ1v) is 21.2. The topological polar surface area (TPSA) is 131 Å². The van der Waals surface area contributed by atoms with E-state index in [1.807, 2.05) is 26.2 Å². The zero-order valence-electron chi connectivity index (χ0n) is 33.3. The van der Waals surface area contributed by atoms with Gasteiger partial charge in [-0.25, -0.2) is 0 Å². The van der Waals surface area contributed by atoms with Gasteiger partial charge >= 0.3 is 0 Å². The van der Waals surface area contributed by atoms with Gasteiger partial charge in [-0.2, -0.15) is 0 Å². The van der Waals surface area contributed by atoms with Crippen molar-refractivity contribution >= 4 is 54.9 Å². The number of pyridine rings is 2. The van der Waals surface area contributed by atoms with Crippen LogP contribution < -0.4 is 16.0 Å². The number of fused-ring (bicyclic) bond motifs is 2. The number of H-pyrrole nitrogens is 2. The van der Waals surface area contributed by atoms with Crippen molar-refractivity contribution < 1.29 is 9.59 Å². The molecule has 2 amide bonds. The molecule has 0 aromatic carbocycles. The summed E-state index contributed by atoms with van der Waals surface area (Å²) >= 11 is 3.17. The number of hydrogen-bond donors (Lipinski definition) is 5. The molecule has 1 fully saturated rings. The van der Waals surface area contributed by atoms with Gasteiger partial charge in [-0.3, -0.25) is 19.6 Å². The number of carbonyl (C=O) groups excluding carboxylic acids is 2. The summed E-state index contributed by atoms with van der Waals surface area (Å²) in [6.07, 6.45) is 3.43. The molecule has 7 rings (SSSR count). The van der Waals surface area contributed by atoms with Gasteiger partial charge in [0, 0.05) is 60.1 Å². The number of nitrogens with one attached hydrogen (secondary N) is 5. The minimum Gasteiger partial charge on any atom is -0.354 e. The van der Waals surface area contributed by atoms with Crippen LogP contribution in [0.15, 0.2) is 36.4 Å². The summed E-state index contributed by atoms with van der Waals surface area (Å²) in [6.45, 7) is 16.3. The van der Waals surface area contributed by atoms with Gasteiger partial charge in [0.2, 0.25) is 0 Å². The van der Waals surface area contributed by atoms with E-state index in [0.29, 0.717) is 6.54 Å². The predicted octanol–water partition coefficient (Wildman–Crippen LogP) is 8.32. The molecule has 0 radical (unpaired) electrons. The Balaban J connectivity index is 1.12. The maximum atomic E-state index is 13.2. The summed E-state index contributed by atoms with van der Waals surface area (Å²) in [5.74, 6) is 0.606. The second kappa shape index (κ2) is 16.4. The number of aryl methyl sites for hydroxylation is 4. The fourth-order valence-electron chi connectivity index (χ4n) is 7.84. The molecule has 1 aliphatic rings. The van der Waals surface area contributed by atoms with E-state index in [9.17, 15) is 9.59 Å². The molecule has 0 spiro atoms. The van der Waals surface area contributed by atoms with Gasteiger partial charge in [-0.15, -0.1) is 22.7 Å². The van der Waals surface area contributed by atoms with Crippen LogP contribution in [0.25, 0.3) is 42.9 Å². The number of thiophene rings is 2. The molecule has 0 atom stereocenters. The predicted molar refractivity (Wildman–Crippen MR) is 228 cm³/mol. The van der Waals surface area contributed by atoms with Crippen LogP contribution in [-0.4, -0.2) is 83.0 Å². The molecule has 12 heteroatoms. The smallest absolute Gasteiger partial charge is 0.263 e. The van der Waals surface area contributed by atoms with Gasteiger partial charge in [-0.05, 0) is 119 Å². The van der Waals surface area contributed by atoms with E-state index in [1.54, 1.807) is 27.6 Å². The molecule has 290 valence electrons. The molecule has 1 aliphatic heterocycles. The monoisotopic (exact) mass is 778 g/mol. The number of aromatic nitrogens is 4. The lowest BCUT2D eigenvalue weighted by Gasteiger charge is -2.23. The average molecular weight is 779 g/mol. The lowest BCUT2D eigenvalue weighted by Crippen LogP contribution is -2.42. The summed E-state index contributed by atoms with van der Waals surface area (Å²) in [4.78, 5) is 47.0. The van der Waals surface area contributed by atoms with Crippen LogP contribution in [-0.2, 0) is 12.8 Å². The van der Waals surface area contributed by atoms with E-state index < -0.39 is 0 Å². The van der Waals surface area contributed by atoms with Crippen molar-refractivity contribution in [1.29, 1.82) is 0 Å². The Morgan fingerprint density at radius 3 is 1.82 bits per heavy atom. The molecule has 0 saturated carbocycles. The number of nitrogens with zero attached hydrogens (tertiary/aromatic N) is 3. The number of aromatic amines is 2. The number of carbonyl (C=O) groups is 2. The quantitative estimate of drug-likeness (QED) is 0.0802. The molecule has 6 aromatic heterocycles. The maximum Gasteiger partial charge on any atom is 0.263 e. The minimum atomic E-state index is 0.0224. The van der Waals surface area contributed by atoms with Gasteiger partial charge < -0.3 is 30.8 Å². The van der Waals surface area contributed by atoms with Crippen LogP contribution in [0.2, 0.25) is 0 Å². The minimum absolute atomic E-state index is 0.0224. The fraction of sp³-hybridized carbons (Fsp3) is 0.442. The third-order valence-electron chi connectivity index (χ3n) is 10.5. The number of likely N-dealkylation sites (N-methyl/N-ethyl adjacent to an activating group) is 2. The molecular formula is C43H54N8O2S2. The van der Waals surface area contributed by atoms with E-state index in [1.165, 1.54) is 11.1 Å². The molecule has 1 saturated heterocycles. The van der Waals surface area contributed by atoms with Gasteiger partial charge in [0.15, 0.2) is 0 Å². The Kier molecular flexibility index (Phi) is 11.6. The molecule has 0 bridgehead atoms. The highest BCUT2D eigenvalue weighted by Crippen LogP contribution is 2.42. The van der Waals surface area contributed by atoms with Crippen molar-refractivity contribution in [3.8, 4) is 22.5 Å². The fourth-order valence-corrected chi connectivity index (χ4v) is 10.4. The Hall–Kier alpha value is -4.36. The maximum absolute atomic E-state index is 13.2. The summed E-state index contributed by atoms with van der Waals surface area (Å²) in [5.41, 5.74) is 12.9. The van der Waals surface area contributed by atoms with Crippen LogP contribution >= 0.6 is 22.7 Å². The van der Waals surface area contributed by atoms with Crippen LogP contribution in [0.5, 0.6) is 0 Å². The van der Waals surface area contributed by atoms with Crippen molar-refractivity contribution in [1.82, 2.24) is 40.8 Å². The number of hydrogen-bond acceptors (Lipinski definition) is 8. The molecule has 0 unspecified atom stereocenters. The summed E-state index contributed by atoms with van der Waals surface area (Å²) in [5, 5.41) is 9.74. The number of amides is 2. The Labute approximate surface area is 331 Å². The van der Waals surface area contributed by atoms with Crippen molar-refractivity contribution in [3.05, 3.63) is 80.1 Å². The zero-order valence-corrected chi connectivity index (χ0v) is 35.0. The van der Waals surface area contributed by atoms with E-state index in [2.05, 4.69) is 91.7 Å². The highest BCUT2D eigenvalue weighted by atomic mass is 32.1. The summed E-state index contributed by atoms with van der Waals surface area (Å²) < 4.78 is 2.29. The second-order valence-electron chi connectivity index (χ2n) is 15.6. The first kappa shape index (κ1) is 38.9. The van der Waals surface area contributed by atoms with Crippen molar-refractivity contribution in [2.45, 2.75) is 85.1 Å². The molecule has 6 aromatic rings. The van der Waals surface area contributed by atoms with E-state index in [0.717, 1.165) is 121 Å². The van der Waals surface area contributed by atoms with Crippen LogP contribution in [0.4, 0.5) is 0 Å². The third kappa shape index (κ3) is 8.28. The van der Waals surface area contributed by atoms with E-state index >= 15 is 0 Å². The summed E-state index contributed by atoms with van der Waals surface area (Å²) in [6, 6.07) is 13.0. The Morgan fingerprint density at radius 1 is 0.800 bits per heavy atom. The van der Waals surface area contributed by atoms with Crippen molar-refractivity contribution in [3.63, 3.8) is 0 Å². The lowest BCUT2D eigenvalue weighted by atomic mass is 9.97. The molecular weight excluding hydrogens is 725 g/mol. The van der Waals surface area contributed by atoms with Crippen molar-refractivity contribution in [2.24, 2.45) is 0 Å². The molecule has 55 heavy (non-hydrogen) atoms. The van der Waals surface area contributed by atoms with Crippen molar-refractivity contribution in [2.75, 3.05) is 40.3 Å². The van der Waals surface area contributed by atoms with Crippen LogP contribution in [0.3, 0.4) is 0 Å². The largest absolute Gasteiger partial charge is 0.354 e. The lowest BCUT2D eigenvalue weighted by molar-refractivity contribution is 0.0801. The third-order valence-corrected chi connectivity index (χ3v) is 12.9. The van der Waals surface area contributed by atoms with E-state index in [4.69, 9.17) is 9.97 Å². The highest BCUT2D eigenvalue weighted by Gasteiger charge is 2.25. The molecule has 10 nitrogen and oxygen atoms in total. The number of rotatable bonds is 13. The number of piperidine rings is 1. The normalized spacial score (nSPS) is 13.9. The average Bonchev–Trinajstić information content (AvgIpc) is 3.92. The first-order chi connectivity index (χ1) is 26.4. The summed E-state index contributed by atoms with van der Waals surface area (Å²) in [7, 11) is 3.76.